The van der Waals surface area contributed by atoms with Gasteiger partial charge in [-0.15, -0.1) is 11.3 Å². The molecule has 0 aliphatic rings. The summed E-state index contributed by atoms with van der Waals surface area (Å²) in [5.41, 5.74) is 1.83. The lowest BCUT2D eigenvalue weighted by Crippen LogP contribution is -2.17. The van der Waals surface area contributed by atoms with E-state index in [2.05, 4.69) is 33.4 Å². The lowest BCUT2D eigenvalue weighted by Gasteiger charge is -2.06. The minimum absolute atomic E-state index is 0.132. The van der Waals surface area contributed by atoms with Crippen molar-refractivity contribution in [2.24, 2.45) is 0 Å². The molecule has 0 bridgehead atoms. The number of benzene rings is 1. The van der Waals surface area contributed by atoms with Gasteiger partial charge in [-0.25, -0.2) is 4.39 Å². The molecule has 96 valence electrons. The van der Waals surface area contributed by atoms with Gasteiger partial charge in [-0.3, -0.25) is 0 Å². The summed E-state index contributed by atoms with van der Waals surface area (Å²) in [7, 11) is 0. The van der Waals surface area contributed by atoms with E-state index in [1.807, 2.05) is 13.0 Å². The number of hydrogen-bond acceptors (Lipinski definition) is 2. The minimum atomic E-state index is -0.132. The first-order valence-corrected chi connectivity index (χ1v) is 7.46. The molecule has 1 nitrogen and oxygen atoms in total. The van der Waals surface area contributed by atoms with Gasteiger partial charge in [0.1, 0.15) is 5.82 Å². The Labute approximate surface area is 119 Å². The molecule has 2 aromatic rings. The van der Waals surface area contributed by atoms with Crippen LogP contribution in [0.5, 0.6) is 0 Å². The van der Waals surface area contributed by atoms with Gasteiger partial charge in [-0.1, -0.05) is 17.7 Å². The first-order valence-electron chi connectivity index (χ1n) is 5.85. The Hall–Kier alpha value is -0.710. The van der Waals surface area contributed by atoms with E-state index in [-0.39, 0.29) is 5.82 Å². The summed E-state index contributed by atoms with van der Waals surface area (Å²) in [6, 6.07) is 9.39. The van der Waals surface area contributed by atoms with E-state index in [4.69, 9.17) is 0 Å². The Bertz CT molecular complexity index is 524. The molecule has 0 aliphatic carbocycles. The molecule has 0 saturated heterocycles. The number of rotatable bonds is 5. The zero-order valence-electron chi connectivity index (χ0n) is 10.2. The maximum absolute atomic E-state index is 13.5. The molecule has 0 saturated carbocycles. The molecule has 1 heterocycles. The Morgan fingerprint density at radius 2 is 2.11 bits per heavy atom. The van der Waals surface area contributed by atoms with Gasteiger partial charge in [-0.05, 0) is 47.5 Å². The fraction of sp³-hybridized carbons (Fsp3) is 0.286. The molecule has 0 spiro atoms. The summed E-state index contributed by atoms with van der Waals surface area (Å²) >= 11 is 5.19. The third-order valence-electron chi connectivity index (χ3n) is 2.69. The Morgan fingerprint density at radius 3 is 2.83 bits per heavy atom. The van der Waals surface area contributed by atoms with E-state index in [0.29, 0.717) is 6.54 Å². The number of thiophene rings is 1. The van der Waals surface area contributed by atoms with E-state index in [1.54, 1.807) is 17.4 Å². The molecule has 0 aliphatic heterocycles. The first-order chi connectivity index (χ1) is 8.65. The van der Waals surface area contributed by atoms with Crippen LogP contribution in [0, 0.1) is 12.7 Å². The third-order valence-corrected chi connectivity index (χ3v) is 4.38. The van der Waals surface area contributed by atoms with Gasteiger partial charge in [0.25, 0.3) is 0 Å². The Morgan fingerprint density at radius 1 is 1.28 bits per heavy atom. The average Bonchev–Trinajstić information content (AvgIpc) is 2.75. The Kier molecular flexibility index (Phi) is 4.92. The van der Waals surface area contributed by atoms with E-state index >= 15 is 0 Å². The maximum Gasteiger partial charge on any atom is 0.127 e. The minimum Gasteiger partial charge on any atom is -0.312 e. The number of hydrogen-bond donors (Lipinski definition) is 1. The Balaban J connectivity index is 1.80. The zero-order chi connectivity index (χ0) is 13.0. The van der Waals surface area contributed by atoms with Crippen molar-refractivity contribution in [2.75, 3.05) is 6.54 Å². The van der Waals surface area contributed by atoms with Gasteiger partial charge >= 0.3 is 0 Å². The molecule has 0 unspecified atom stereocenters. The highest BCUT2D eigenvalue weighted by Crippen LogP contribution is 2.22. The van der Waals surface area contributed by atoms with Crippen molar-refractivity contribution in [2.45, 2.75) is 19.9 Å². The summed E-state index contributed by atoms with van der Waals surface area (Å²) in [6.07, 6.45) is 0.976. The quantitative estimate of drug-likeness (QED) is 0.808. The maximum atomic E-state index is 13.5. The molecule has 0 radical (unpaired) electrons. The standard InChI is InChI=1S/C14H15BrFNS/c1-10-2-4-13(16)11(8-10)9-17-7-6-12-3-5-14(15)18-12/h2-5,8,17H,6-7,9H2,1H3. The summed E-state index contributed by atoms with van der Waals surface area (Å²) in [5.74, 6) is -0.132. The molecule has 1 N–H and O–H groups in total. The van der Waals surface area contributed by atoms with Crippen LogP contribution >= 0.6 is 27.3 Å². The fourth-order valence-corrected chi connectivity index (χ4v) is 3.24. The normalized spacial score (nSPS) is 10.8. The zero-order valence-corrected chi connectivity index (χ0v) is 12.6. The van der Waals surface area contributed by atoms with Crippen molar-refractivity contribution < 1.29 is 4.39 Å². The van der Waals surface area contributed by atoms with Crippen molar-refractivity contribution in [3.8, 4) is 0 Å². The first kappa shape index (κ1) is 13.7. The molecular weight excluding hydrogens is 313 g/mol. The van der Waals surface area contributed by atoms with Crippen LogP contribution in [0.1, 0.15) is 16.0 Å². The molecule has 2 rings (SSSR count). The molecule has 4 heteroatoms. The molecule has 0 fully saturated rings. The van der Waals surface area contributed by atoms with Crippen LogP contribution in [0.25, 0.3) is 0 Å². The highest BCUT2D eigenvalue weighted by molar-refractivity contribution is 9.11. The largest absolute Gasteiger partial charge is 0.312 e. The lowest BCUT2D eigenvalue weighted by atomic mass is 10.1. The van der Waals surface area contributed by atoms with Crippen molar-refractivity contribution >= 4 is 27.3 Å². The van der Waals surface area contributed by atoms with Gasteiger partial charge in [0, 0.05) is 23.5 Å². The van der Waals surface area contributed by atoms with Gasteiger partial charge < -0.3 is 5.32 Å². The van der Waals surface area contributed by atoms with E-state index < -0.39 is 0 Å². The molecule has 1 aromatic carbocycles. The second-order valence-corrected chi connectivity index (χ2v) is 6.78. The fourth-order valence-electron chi connectivity index (χ4n) is 1.76. The molecule has 1 aromatic heterocycles. The summed E-state index contributed by atoms with van der Waals surface area (Å²) in [5, 5.41) is 3.28. The van der Waals surface area contributed by atoms with Crippen LogP contribution in [0.2, 0.25) is 0 Å². The van der Waals surface area contributed by atoms with Gasteiger partial charge in [-0.2, -0.15) is 0 Å². The van der Waals surface area contributed by atoms with Crippen molar-refractivity contribution in [1.29, 1.82) is 0 Å². The highest BCUT2D eigenvalue weighted by atomic mass is 79.9. The molecular formula is C14H15BrFNS. The topological polar surface area (TPSA) is 12.0 Å². The third kappa shape index (κ3) is 3.90. The van der Waals surface area contributed by atoms with Crippen LogP contribution in [0.4, 0.5) is 4.39 Å². The van der Waals surface area contributed by atoms with Gasteiger partial charge in [0.05, 0.1) is 3.79 Å². The smallest absolute Gasteiger partial charge is 0.127 e. The van der Waals surface area contributed by atoms with Crippen molar-refractivity contribution in [3.63, 3.8) is 0 Å². The summed E-state index contributed by atoms with van der Waals surface area (Å²) in [6.45, 7) is 3.42. The SMILES string of the molecule is Cc1ccc(F)c(CNCCc2ccc(Br)s2)c1. The van der Waals surface area contributed by atoms with E-state index in [1.165, 1.54) is 10.9 Å². The van der Waals surface area contributed by atoms with Crippen molar-refractivity contribution in [3.05, 3.63) is 55.9 Å². The molecule has 0 atom stereocenters. The van der Waals surface area contributed by atoms with Crippen LogP contribution in [0.15, 0.2) is 34.1 Å². The lowest BCUT2D eigenvalue weighted by molar-refractivity contribution is 0.588. The predicted molar refractivity (Wildman–Crippen MR) is 78.6 cm³/mol. The second-order valence-electron chi connectivity index (χ2n) is 4.23. The molecule has 0 amide bonds. The van der Waals surface area contributed by atoms with Crippen molar-refractivity contribution in [1.82, 2.24) is 5.32 Å². The second kappa shape index (κ2) is 6.45. The summed E-state index contributed by atoms with van der Waals surface area (Å²) < 4.78 is 14.6. The molecule has 18 heavy (non-hydrogen) atoms. The van der Waals surface area contributed by atoms with E-state index in [0.717, 1.165) is 27.9 Å². The predicted octanol–water partition coefficient (Wildman–Crippen LogP) is 4.29. The number of aryl methyl sites for hydroxylation is 1. The van der Waals surface area contributed by atoms with E-state index in [9.17, 15) is 4.39 Å². The number of halogens is 2. The van der Waals surface area contributed by atoms with Crippen LogP contribution < -0.4 is 5.32 Å². The average molecular weight is 328 g/mol. The van der Waals surface area contributed by atoms with Gasteiger partial charge in [0.15, 0.2) is 0 Å². The van der Waals surface area contributed by atoms with Crippen LogP contribution in [0.3, 0.4) is 0 Å². The van der Waals surface area contributed by atoms with Crippen LogP contribution in [-0.2, 0) is 13.0 Å². The monoisotopic (exact) mass is 327 g/mol. The van der Waals surface area contributed by atoms with Gasteiger partial charge in [0.2, 0.25) is 0 Å². The summed E-state index contributed by atoms with van der Waals surface area (Å²) in [4.78, 5) is 1.33. The number of nitrogens with one attached hydrogen (secondary N) is 1. The van der Waals surface area contributed by atoms with Crippen LogP contribution in [-0.4, -0.2) is 6.54 Å². The highest BCUT2D eigenvalue weighted by Gasteiger charge is 2.02.